The molecule has 0 amide bonds. The van der Waals surface area contributed by atoms with Gasteiger partial charge in [-0.1, -0.05) is 6.07 Å². The first-order chi connectivity index (χ1) is 8.66. The maximum atomic E-state index is 10.6. The molecule has 2 aromatic heterocycles. The summed E-state index contributed by atoms with van der Waals surface area (Å²) >= 11 is 0. The number of nitro groups is 1. The average Bonchev–Trinajstić information content (AvgIpc) is 2.37. The van der Waals surface area contributed by atoms with E-state index in [0.29, 0.717) is 18.1 Å². The van der Waals surface area contributed by atoms with Crippen molar-refractivity contribution in [1.29, 1.82) is 0 Å². The van der Waals surface area contributed by atoms with E-state index in [1.54, 1.807) is 25.4 Å². The first-order valence-electron chi connectivity index (χ1n) is 5.41. The Bertz CT molecular complexity index is 557. The van der Waals surface area contributed by atoms with Crippen LogP contribution in [-0.2, 0) is 6.54 Å². The predicted molar refractivity (Wildman–Crippen MR) is 67.2 cm³/mol. The normalized spacial score (nSPS) is 10.1. The third-order valence-corrected chi connectivity index (χ3v) is 2.45. The fraction of sp³-hybridized carbons (Fsp3) is 0.167. The Kier molecular flexibility index (Phi) is 3.47. The van der Waals surface area contributed by atoms with Gasteiger partial charge in [0.05, 0.1) is 4.92 Å². The third kappa shape index (κ3) is 2.79. The predicted octanol–water partition coefficient (Wildman–Crippen LogP) is 2.31. The molecular formula is C12H12N4O2. The molecule has 0 saturated heterocycles. The summed E-state index contributed by atoms with van der Waals surface area (Å²) in [6.45, 7) is 2.20. The third-order valence-electron chi connectivity index (χ3n) is 2.45. The summed E-state index contributed by atoms with van der Waals surface area (Å²) in [5, 5.41) is 13.7. The molecule has 18 heavy (non-hydrogen) atoms. The minimum Gasteiger partial charge on any atom is -0.366 e. The fourth-order valence-electron chi connectivity index (χ4n) is 1.54. The van der Waals surface area contributed by atoms with Gasteiger partial charge in [0, 0.05) is 25.0 Å². The van der Waals surface area contributed by atoms with Gasteiger partial charge >= 0.3 is 0 Å². The molecule has 0 aliphatic rings. The van der Waals surface area contributed by atoms with E-state index in [2.05, 4.69) is 15.3 Å². The van der Waals surface area contributed by atoms with E-state index < -0.39 is 4.92 Å². The second-order valence-corrected chi connectivity index (χ2v) is 3.77. The highest BCUT2D eigenvalue weighted by Crippen LogP contribution is 2.18. The van der Waals surface area contributed by atoms with Crippen molar-refractivity contribution in [3.63, 3.8) is 0 Å². The van der Waals surface area contributed by atoms with Gasteiger partial charge in [0.2, 0.25) is 0 Å². The first-order valence-corrected chi connectivity index (χ1v) is 5.41. The van der Waals surface area contributed by atoms with Crippen molar-refractivity contribution in [2.75, 3.05) is 5.32 Å². The maximum Gasteiger partial charge on any atom is 0.290 e. The van der Waals surface area contributed by atoms with E-state index in [0.717, 1.165) is 5.56 Å². The standard InChI is InChI=1S/C12H12N4O2/c1-9-11(16(17)18)4-5-12(15-9)14-8-10-3-2-6-13-7-10/h2-7H,8H2,1H3,(H,14,15). The van der Waals surface area contributed by atoms with Crippen molar-refractivity contribution in [2.45, 2.75) is 13.5 Å². The zero-order chi connectivity index (χ0) is 13.0. The van der Waals surface area contributed by atoms with Crippen molar-refractivity contribution >= 4 is 11.5 Å². The molecule has 0 fully saturated rings. The molecule has 0 unspecified atom stereocenters. The summed E-state index contributed by atoms with van der Waals surface area (Å²) in [6, 6.07) is 6.85. The van der Waals surface area contributed by atoms with Gasteiger partial charge in [-0.05, 0) is 24.6 Å². The SMILES string of the molecule is Cc1nc(NCc2cccnc2)ccc1[N+](=O)[O-]. The Morgan fingerprint density at radius 1 is 1.39 bits per heavy atom. The fourth-order valence-corrected chi connectivity index (χ4v) is 1.54. The Morgan fingerprint density at radius 2 is 2.22 bits per heavy atom. The monoisotopic (exact) mass is 244 g/mol. The highest BCUT2D eigenvalue weighted by atomic mass is 16.6. The van der Waals surface area contributed by atoms with E-state index in [1.807, 2.05) is 12.1 Å². The summed E-state index contributed by atoms with van der Waals surface area (Å²) in [7, 11) is 0. The van der Waals surface area contributed by atoms with Crippen LogP contribution in [0, 0.1) is 17.0 Å². The largest absolute Gasteiger partial charge is 0.366 e. The zero-order valence-electron chi connectivity index (χ0n) is 9.83. The molecule has 2 heterocycles. The van der Waals surface area contributed by atoms with Gasteiger partial charge in [-0.25, -0.2) is 4.98 Å². The van der Waals surface area contributed by atoms with Gasteiger partial charge in [-0.2, -0.15) is 0 Å². The number of nitrogens with zero attached hydrogens (tertiary/aromatic N) is 3. The quantitative estimate of drug-likeness (QED) is 0.659. The maximum absolute atomic E-state index is 10.6. The topological polar surface area (TPSA) is 81.0 Å². The molecule has 1 N–H and O–H groups in total. The molecule has 0 aliphatic heterocycles. The van der Waals surface area contributed by atoms with Crippen LogP contribution in [0.5, 0.6) is 0 Å². The van der Waals surface area contributed by atoms with Crippen LogP contribution in [0.25, 0.3) is 0 Å². The van der Waals surface area contributed by atoms with Crippen LogP contribution >= 0.6 is 0 Å². The Balaban J connectivity index is 2.07. The second-order valence-electron chi connectivity index (χ2n) is 3.77. The van der Waals surface area contributed by atoms with Crippen LogP contribution < -0.4 is 5.32 Å². The van der Waals surface area contributed by atoms with Crippen LogP contribution in [0.3, 0.4) is 0 Å². The van der Waals surface area contributed by atoms with Gasteiger partial charge in [0.1, 0.15) is 11.5 Å². The number of hydrogen-bond acceptors (Lipinski definition) is 5. The second kappa shape index (κ2) is 5.22. The van der Waals surface area contributed by atoms with Crippen LogP contribution in [0.1, 0.15) is 11.3 Å². The van der Waals surface area contributed by atoms with Gasteiger partial charge in [0.25, 0.3) is 5.69 Å². The average molecular weight is 244 g/mol. The molecule has 0 spiro atoms. The summed E-state index contributed by atoms with van der Waals surface area (Å²) in [4.78, 5) is 18.4. The van der Waals surface area contributed by atoms with E-state index in [1.165, 1.54) is 6.07 Å². The number of rotatable bonds is 4. The molecule has 2 aromatic rings. The summed E-state index contributed by atoms with van der Waals surface area (Å²) in [5.74, 6) is 0.613. The lowest BCUT2D eigenvalue weighted by Crippen LogP contribution is -2.03. The highest BCUT2D eigenvalue weighted by Gasteiger charge is 2.11. The lowest BCUT2D eigenvalue weighted by atomic mass is 10.3. The van der Waals surface area contributed by atoms with Gasteiger partial charge in [0.15, 0.2) is 0 Å². The van der Waals surface area contributed by atoms with Crippen molar-refractivity contribution in [1.82, 2.24) is 9.97 Å². The lowest BCUT2D eigenvalue weighted by Gasteiger charge is -2.06. The van der Waals surface area contributed by atoms with E-state index in [9.17, 15) is 10.1 Å². The van der Waals surface area contributed by atoms with Crippen LogP contribution in [-0.4, -0.2) is 14.9 Å². The molecule has 0 saturated carbocycles. The Morgan fingerprint density at radius 3 is 2.83 bits per heavy atom. The highest BCUT2D eigenvalue weighted by molar-refractivity contribution is 5.45. The summed E-state index contributed by atoms with van der Waals surface area (Å²) < 4.78 is 0. The first kappa shape index (κ1) is 12.0. The van der Waals surface area contributed by atoms with Crippen molar-refractivity contribution in [3.05, 3.63) is 58.0 Å². The smallest absolute Gasteiger partial charge is 0.290 e. The molecule has 92 valence electrons. The summed E-state index contributed by atoms with van der Waals surface area (Å²) in [5.41, 5.74) is 1.45. The number of aryl methyl sites for hydroxylation is 1. The molecule has 6 heteroatoms. The Labute approximate surface area is 104 Å². The summed E-state index contributed by atoms with van der Waals surface area (Å²) in [6.07, 6.45) is 3.46. The molecule has 0 radical (unpaired) electrons. The number of aromatic nitrogens is 2. The van der Waals surface area contributed by atoms with E-state index in [4.69, 9.17) is 0 Å². The van der Waals surface area contributed by atoms with Crippen molar-refractivity contribution < 1.29 is 4.92 Å². The van der Waals surface area contributed by atoms with Gasteiger partial charge in [-0.15, -0.1) is 0 Å². The molecule has 0 atom stereocenters. The molecule has 2 rings (SSSR count). The van der Waals surface area contributed by atoms with Crippen molar-refractivity contribution in [3.8, 4) is 0 Å². The number of anilines is 1. The zero-order valence-corrected chi connectivity index (χ0v) is 9.83. The minimum absolute atomic E-state index is 0.0296. The molecule has 0 aromatic carbocycles. The van der Waals surface area contributed by atoms with Crippen molar-refractivity contribution in [2.24, 2.45) is 0 Å². The van der Waals surface area contributed by atoms with E-state index in [-0.39, 0.29) is 5.69 Å². The minimum atomic E-state index is -0.437. The molecule has 0 aliphatic carbocycles. The van der Waals surface area contributed by atoms with Crippen LogP contribution in [0.2, 0.25) is 0 Å². The Hall–Kier alpha value is -2.50. The van der Waals surface area contributed by atoms with E-state index >= 15 is 0 Å². The van der Waals surface area contributed by atoms with Gasteiger partial charge < -0.3 is 5.32 Å². The number of nitrogens with one attached hydrogen (secondary N) is 1. The number of hydrogen-bond donors (Lipinski definition) is 1. The number of pyridine rings is 2. The van der Waals surface area contributed by atoms with Crippen LogP contribution in [0.4, 0.5) is 11.5 Å². The van der Waals surface area contributed by atoms with Gasteiger partial charge in [-0.3, -0.25) is 15.1 Å². The molecular weight excluding hydrogens is 232 g/mol. The lowest BCUT2D eigenvalue weighted by molar-refractivity contribution is -0.385. The molecule has 6 nitrogen and oxygen atoms in total. The molecule has 0 bridgehead atoms. The van der Waals surface area contributed by atoms with Crippen LogP contribution in [0.15, 0.2) is 36.7 Å².